The number of esters is 2. The van der Waals surface area contributed by atoms with E-state index in [4.69, 9.17) is 23.1 Å². The third-order valence-corrected chi connectivity index (χ3v) is 24.0. The molecule has 0 unspecified atom stereocenters. The van der Waals surface area contributed by atoms with Crippen LogP contribution in [0.4, 0.5) is 0 Å². The summed E-state index contributed by atoms with van der Waals surface area (Å²) in [6.07, 6.45) is -5.83. The SMILES string of the molecule is CC[Si](CC)(CC)O[C@@H]1C2=C(C)[C@@H](O)C[C@@](O)([C@@H](OC(=O)c3ccccc3)[C@@H]3[C@]4(OC(C)=O)CO[C@@H]4C[C@H](O[Si](CC)(CC)CC)[C@@]3(C)[C@H]1O)C2(C)C. The minimum atomic E-state index is -2.49. The number of ether oxygens (including phenoxy) is 3. The van der Waals surface area contributed by atoms with Crippen LogP contribution in [0.25, 0.3) is 0 Å². The van der Waals surface area contributed by atoms with Crippen LogP contribution in [0, 0.1) is 16.7 Å². The average Bonchev–Trinajstić information content (AvgIpc) is 3.13. The lowest BCUT2D eigenvalue weighted by atomic mass is 9.44. The molecule has 1 saturated heterocycles. The van der Waals surface area contributed by atoms with E-state index in [1.807, 2.05) is 27.7 Å². The molecule has 4 aliphatic rings. The molecule has 2 saturated carbocycles. The van der Waals surface area contributed by atoms with Crippen molar-refractivity contribution in [3.8, 4) is 0 Å². The summed E-state index contributed by atoms with van der Waals surface area (Å²) in [6.45, 7) is 21.8. The van der Waals surface area contributed by atoms with Crippen LogP contribution in [0.5, 0.6) is 0 Å². The molecular formula is C41H66O10Si2. The second-order valence-corrected chi connectivity index (χ2v) is 26.5. The van der Waals surface area contributed by atoms with Gasteiger partial charge >= 0.3 is 11.9 Å². The zero-order valence-electron chi connectivity index (χ0n) is 34.0. The van der Waals surface area contributed by atoms with Crippen LogP contribution < -0.4 is 0 Å². The summed E-state index contributed by atoms with van der Waals surface area (Å²) in [7, 11) is -4.89. The highest BCUT2D eigenvalue weighted by Gasteiger charge is 2.78. The van der Waals surface area contributed by atoms with Crippen LogP contribution >= 0.6 is 0 Å². The lowest BCUT2D eigenvalue weighted by Gasteiger charge is -2.70. The van der Waals surface area contributed by atoms with E-state index < -0.39 is 93.1 Å². The van der Waals surface area contributed by atoms with Gasteiger partial charge in [0.25, 0.3) is 0 Å². The van der Waals surface area contributed by atoms with Gasteiger partial charge in [-0.3, -0.25) is 4.79 Å². The van der Waals surface area contributed by atoms with Gasteiger partial charge in [0, 0.05) is 30.6 Å². The van der Waals surface area contributed by atoms with Gasteiger partial charge in [-0.1, -0.05) is 80.5 Å². The molecule has 0 radical (unpaired) electrons. The van der Waals surface area contributed by atoms with E-state index in [2.05, 4.69) is 41.5 Å². The van der Waals surface area contributed by atoms with Gasteiger partial charge in [0.1, 0.15) is 17.8 Å². The molecule has 3 aliphatic carbocycles. The van der Waals surface area contributed by atoms with Gasteiger partial charge < -0.3 is 38.4 Å². The van der Waals surface area contributed by atoms with Gasteiger partial charge in [-0.05, 0) is 66.5 Å². The van der Waals surface area contributed by atoms with Crippen molar-refractivity contribution in [3.63, 3.8) is 0 Å². The molecule has 10 atom stereocenters. The Morgan fingerprint density at radius 1 is 0.887 bits per heavy atom. The Bertz CT molecular complexity index is 1510. The molecule has 1 aliphatic heterocycles. The number of rotatable bonds is 13. The monoisotopic (exact) mass is 774 g/mol. The first-order valence-corrected chi connectivity index (χ1v) is 25.1. The van der Waals surface area contributed by atoms with E-state index in [9.17, 15) is 24.9 Å². The Morgan fingerprint density at radius 3 is 1.92 bits per heavy atom. The average molecular weight is 775 g/mol. The van der Waals surface area contributed by atoms with Crippen molar-refractivity contribution in [2.24, 2.45) is 16.7 Å². The number of carbonyl (C=O) groups excluding carboxylic acids is 2. The van der Waals surface area contributed by atoms with Crippen LogP contribution in [0.2, 0.25) is 36.3 Å². The third-order valence-electron chi connectivity index (χ3n) is 14.8. The molecule has 3 fully saturated rings. The van der Waals surface area contributed by atoms with Gasteiger partial charge in [-0.15, -0.1) is 0 Å². The zero-order chi connectivity index (χ0) is 39.4. The molecule has 5 rings (SSSR count). The van der Waals surface area contributed by atoms with E-state index in [-0.39, 0.29) is 18.6 Å². The molecule has 12 heteroatoms. The summed E-state index contributed by atoms with van der Waals surface area (Å²) in [6, 6.07) is 13.6. The normalized spacial score (nSPS) is 36.7. The molecule has 1 aromatic rings. The molecule has 0 spiro atoms. The second kappa shape index (κ2) is 15.2. The van der Waals surface area contributed by atoms with Gasteiger partial charge in [-0.25, -0.2) is 4.79 Å². The Labute approximate surface area is 319 Å². The maximum absolute atomic E-state index is 14.3. The van der Waals surface area contributed by atoms with E-state index in [1.54, 1.807) is 30.3 Å². The number of benzene rings is 1. The van der Waals surface area contributed by atoms with Crippen molar-refractivity contribution in [2.75, 3.05) is 6.61 Å². The number of hydrogen-bond donors (Lipinski definition) is 3. The summed E-state index contributed by atoms with van der Waals surface area (Å²) in [4.78, 5) is 27.5. The Kier molecular flexibility index (Phi) is 12.1. The minimum Gasteiger partial charge on any atom is -0.455 e. The first kappa shape index (κ1) is 42.2. The lowest BCUT2D eigenvalue weighted by molar-refractivity contribution is -0.363. The number of aliphatic hydroxyl groups is 3. The second-order valence-electron chi connectivity index (χ2n) is 17.1. The van der Waals surface area contributed by atoms with Crippen molar-refractivity contribution in [3.05, 3.63) is 47.0 Å². The number of fused-ring (bicyclic) bond motifs is 5. The smallest absolute Gasteiger partial charge is 0.338 e. The maximum Gasteiger partial charge on any atom is 0.338 e. The number of aliphatic hydroxyl groups excluding tert-OH is 2. The van der Waals surface area contributed by atoms with Crippen molar-refractivity contribution in [1.29, 1.82) is 0 Å². The van der Waals surface area contributed by atoms with Crippen LogP contribution in [0.1, 0.15) is 99.4 Å². The van der Waals surface area contributed by atoms with Gasteiger partial charge in [-0.2, -0.15) is 0 Å². The molecule has 0 amide bonds. The number of carbonyl (C=O) groups is 2. The predicted molar refractivity (Wildman–Crippen MR) is 208 cm³/mol. The highest BCUT2D eigenvalue weighted by atomic mass is 28.4. The lowest BCUT2D eigenvalue weighted by Crippen LogP contribution is -2.83. The first-order chi connectivity index (χ1) is 24.9. The van der Waals surface area contributed by atoms with E-state index in [0.29, 0.717) is 17.6 Å². The number of hydrogen-bond acceptors (Lipinski definition) is 10. The molecule has 53 heavy (non-hydrogen) atoms. The van der Waals surface area contributed by atoms with E-state index in [1.165, 1.54) is 6.92 Å². The minimum absolute atomic E-state index is 0.0158. The van der Waals surface area contributed by atoms with Crippen LogP contribution in [-0.4, -0.2) is 98.3 Å². The largest absolute Gasteiger partial charge is 0.455 e. The fraction of sp³-hybridized carbons (Fsp3) is 0.756. The van der Waals surface area contributed by atoms with Gasteiger partial charge in [0.2, 0.25) is 0 Å². The summed E-state index contributed by atoms with van der Waals surface area (Å²) >= 11 is 0. The molecule has 1 aromatic carbocycles. The quantitative estimate of drug-likeness (QED) is 0.110. The van der Waals surface area contributed by atoms with Crippen LogP contribution in [0.15, 0.2) is 41.5 Å². The van der Waals surface area contributed by atoms with E-state index in [0.717, 1.165) is 36.3 Å². The summed E-state index contributed by atoms with van der Waals surface area (Å²) in [5.74, 6) is -2.24. The Balaban J connectivity index is 1.90. The van der Waals surface area contributed by atoms with Gasteiger partial charge in [0.15, 0.2) is 22.2 Å². The molecular weight excluding hydrogens is 709 g/mol. The third kappa shape index (κ3) is 6.54. The molecule has 3 N–H and O–H groups in total. The Morgan fingerprint density at radius 2 is 1.43 bits per heavy atom. The molecule has 2 bridgehead atoms. The fourth-order valence-corrected chi connectivity index (χ4v) is 16.4. The highest BCUT2D eigenvalue weighted by molar-refractivity contribution is 6.74. The molecule has 10 nitrogen and oxygen atoms in total. The summed E-state index contributed by atoms with van der Waals surface area (Å²) in [5, 5.41) is 39.1. The fourth-order valence-electron chi connectivity index (χ4n) is 10.7. The van der Waals surface area contributed by atoms with Crippen molar-refractivity contribution in [2.45, 2.75) is 173 Å². The highest BCUT2D eigenvalue weighted by Crippen LogP contribution is 2.66. The first-order valence-electron chi connectivity index (χ1n) is 20.1. The topological polar surface area (TPSA) is 141 Å². The molecule has 1 heterocycles. The van der Waals surface area contributed by atoms with Crippen molar-refractivity contribution in [1.82, 2.24) is 0 Å². The van der Waals surface area contributed by atoms with Crippen LogP contribution in [0.3, 0.4) is 0 Å². The maximum atomic E-state index is 14.3. The molecule has 0 aromatic heterocycles. The van der Waals surface area contributed by atoms with E-state index >= 15 is 0 Å². The predicted octanol–water partition coefficient (Wildman–Crippen LogP) is 6.93. The van der Waals surface area contributed by atoms with Crippen molar-refractivity contribution < 1.29 is 48.0 Å². The zero-order valence-corrected chi connectivity index (χ0v) is 36.0. The van der Waals surface area contributed by atoms with Gasteiger partial charge in [0.05, 0.1) is 42.5 Å². The summed E-state index contributed by atoms with van der Waals surface area (Å²) in [5.41, 5.74) is -4.27. The van der Waals surface area contributed by atoms with Crippen LogP contribution in [-0.2, 0) is 27.9 Å². The summed E-state index contributed by atoms with van der Waals surface area (Å²) < 4.78 is 34.2. The van der Waals surface area contributed by atoms with Crippen molar-refractivity contribution >= 4 is 28.6 Å². The Hall–Kier alpha value is -1.91. The molecule has 298 valence electrons. The standard InChI is InChI=1S/C41H66O10Si2/c1-12-52(13-2,14-3)50-30-23-31-40(25-47-31,49-27(8)42)34-36(48-37(45)28-21-19-18-20-22-28)41(46)24-29(43)26(7)32(38(41,9)10)33(35(44)39(30,34)11)51-53(15-4,16-5)17-6/h18-22,29-31,33-36,43-44,46H,12-17,23-25H2,1-11H3/t29-,30-,31+,33+,34-,35-,36-,39+,40-,41+/m0/s1.